The Morgan fingerprint density at radius 3 is 3.18 bits per heavy atom. The van der Waals surface area contributed by atoms with Gasteiger partial charge >= 0.3 is 7.12 Å². The lowest BCUT2D eigenvalue weighted by Gasteiger charge is -2.28. The SMILES string of the molecule is C=CC1=C2C=COCC3=C2B(OC3)O[C@@H]1CN. The van der Waals surface area contributed by atoms with Crippen LogP contribution in [0.3, 0.4) is 0 Å². The van der Waals surface area contributed by atoms with Crippen molar-refractivity contribution >= 4 is 7.12 Å². The molecule has 5 heteroatoms. The molecule has 0 bridgehead atoms. The number of ether oxygens (including phenoxy) is 1. The summed E-state index contributed by atoms with van der Waals surface area (Å²) >= 11 is 0. The largest absolute Gasteiger partial charge is 0.497 e. The summed E-state index contributed by atoms with van der Waals surface area (Å²) in [7, 11) is -0.302. The third-order valence-corrected chi connectivity index (χ3v) is 3.28. The standard InChI is InChI=1S/C12H14BNO3/c1-2-9-10-3-4-15-6-8-7-16-13(12(8)10)17-11(9)5-14/h2-4,11H,1,5-7,14H2/t11-/m1/s1. The van der Waals surface area contributed by atoms with E-state index in [1.165, 1.54) is 0 Å². The van der Waals surface area contributed by atoms with Crippen molar-refractivity contribution < 1.29 is 14.0 Å². The van der Waals surface area contributed by atoms with Crippen molar-refractivity contribution in [2.45, 2.75) is 6.10 Å². The summed E-state index contributed by atoms with van der Waals surface area (Å²) in [4.78, 5) is 0. The maximum Gasteiger partial charge on any atom is 0.495 e. The molecule has 2 N–H and O–H groups in total. The van der Waals surface area contributed by atoms with E-state index in [4.69, 9.17) is 19.8 Å². The van der Waals surface area contributed by atoms with E-state index < -0.39 is 0 Å². The molecular formula is C12H14BNO3. The molecule has 0 aromatic heterocycles. The molecule has 3 rings (SSSR count). The van der Waals surface area contributed by atoms with Crippen LogP contribution in [0.5, 0.6) is 0 Å². The van der Waals surface area contributed by atoms with E-state index in [0.717, 1.165) is 22.2 Å². The topological polar surface area (TPSA) is 53.7 Å². The highest BCUT2D eigenvalue weighted by atomic mass is 16.6. The highest BCUT2D eigenvalue weighted by molar-refractivity contribution is 6.57. The molecule has 0 saturated heterocycles. The van der Waals surface area contributed by atoms with Crippen LogP contribution >= 0.6 is 0 Å². The minimum Gasteiger partial charge on any atom is -0.497 e. The Kier molecular flexibility index (Phi) is 2.66. The zero-order valence-corrected chi connectivity index (χ0v) is 9.52. The van der Waals surface area contributed by atoms with Gasteiger partial charge in [0.15, 0.2) is 0 Å². The highest BCUT2D eigenvalue weighted by Gasteiger charge is 2.42. The summed E-state index contributed by atoms with van der Waals surface area (Å²) < 4.78 is 16.9. The molecule has 3 aliphatic heterocycles. The molecule has 0 amide bonds. The van der Waals surface area contributed by atoms with Crippen molar-refractivity contribution in [2.75, 3.05) is 19.8 Å². The first-order valence-electron chi connectivity index (χ1n) is 5.69. The average Bonchev–Trinajstić information content (AvgIpc) is 2.63. The molecule has 1 atom stereocenters. The van der Waals surface area contributed by atoms with Gasteiger partial charge in [-0.3, -0.25) is 0 Å². The van der Waals surface area contributed by atoms with Gasteiger partial charge in [0.25, 0.3) is 0 Å². The maximum atomic E-state index is 5.83. The van der Waals surface area contributed by atoms with Crippen molar-refractivity contribution in [1.29, 1.82) is 0 Å². The van der Waals surface area contributed by atoms with Crippen molar-refractivity contribution in [2.24, 2.45) is 5.73 Å². The predicted molar refractivity (Wildman–Crippen MR) is 65.0 cm³/mol. The van der Waals surface area contributed by atoms with E-state index in [0.29, 0.717) is 19.8 Å². The Balaban J connectivity index is 2.17. The van der Waals surface area contributed by atoms with Gasteiger partial charge in [-0.15, -0.1) is 0 Å². The van der Waals surface area contributed by atoms with Gasteiger partial charge in [0.05, 0.1) is 19.0 Å². The summed E-state index contributed by atoms with van der Waals surface area (Å²) in [6.45, 7) is 5.39. The van der Waals surface area contributed by atoms with Gasteiger partial charge in [0.2, 0.25) is 0 Å². The highest BCUT2D eigenvalue weighted by Crippen LogP contribution is 2.37. The minimum atomic E-state index is -0.302. The first-order valence-corrected chi connectivity index (χ1v) is 5.69. The van der Waals surface area contributed by atoms with Gasteiger partial charge in [-0.2, -0.15) is 0 Å². The fourth-order valence-corrected chi connectivity index (χ4v) is 2.47. The van der Waals surface area contributed by atoms with E-state index in [9.17, 15) is 0 Å². The Morgan fingerprint density at radius 1 is 1.53 bits per heavy atom. The second kappa shape index (κ2) is 4.18. The van der Waals surface area contributed by atoms with Gasteiger partial charge in [-0.25, -0.2) is 0 Å². The normalized spacial score (nSPS) is 26.9. The fraction of sp³-hybridized carbons (Fsp3) is 0.333. The smallest absolute Gasteiger partial charge is 0.495 e. The zero-order chi connectivity index (χ0) is 11.8. The molecule has 0 aliphatic carbocycles. The van der Waals surface area contributed by atoms with Gasteiger partial charge in [-0.05, 0) is 28.3 Å². The molecule has 0 radical (unpaired) electrons. The molecule has 4 nitrogen and oxygen atoms in total. The van der Waals surface area contributed by atoms with Crippen LogP contribution in [0.1, 0.15) is 0 Å². The Hall–Kier alpha value is -1.30. The first kappa shape index (κ1) is 10.8. The Bertz CT molecular complexity index is 453. The lowest BCUT2D eigenvalue weighted by atomic mass is 9.68. The lowest BCUT2D eigenvalue weighted by molar-refractivity contribution is 0.177. The van der Waals surface area contributed by atoms with E-state index in [-0.39, 0.29) is 13.2 Å². The number of nitrogens with two attached hydrogens (primary N) is 1. The van der Waals surface area contributed by atoms with Crippen LogP contribution in [0.4, 0.5) is 0 Å². The van der Waals surface area contributed by atoms with Crippen LogP contribution in [-0.4, -0.2) is 33.0 Å². The van der Waals surface area contributed by atoms with Crippen molar-refractivity contribution in [1.82, 2.24) is 0 Å². The van der Waals surface area contributed by atoms with Gasteiger partial charge in [-0.1, -0.05) is 12.7 Å². The van der Waals surface area contributed by atoms with Crippen LogP contribution in [0, 0.1) is 0 Å². The third kappa shape index (κ3) is 1.58. The molecule has 0 aromatic carbocycles. The molecule has 0 saturated carbocycles. The first-order chi connectivity index (χ1) is 8.35. The quantitative estimate of drug-likeness (QED) is 0.711. The molecular weight excluding hydrogens is 217 g/mol. The molecule has 0 unspecified atom stereocenters. The van der Waals surface area contributed by atoms with Gasteiger partial charge in [0.1, 0.15) is 6.61 Å². The van der Waals surface area contributed by atoms with Crippen LogP contribution in [-0.2, 0) is 14.0 Å². The fourth-order valence-electron chi connectivity index (χ4n) is 2.47. The molecule has 0 fully saturated rings. The van der Waals surface area contributed by atoms with Crippen LogP contribution in [0.2, 0.25) is 0 Å². The number of hydrogen-bond donors (Lipinski definition) is 1. The molecule has 0 aromatic rings. The zero-order valence-electron chi connectivity index (χ0n) is 9.52. The predicted octanol–water partition coefficient (Wildman–Crippen LogP) is 0.725. The van der Waals surface area contributed by atoms with E-state index >= 15 is 0 Å². The van der Waals surface area contributed by atoms with E-state index in [2.05, 4.69) is 6.58 Å². The Labute approximate surface area is 101 Å². The molecule has 88 valence electrons. The molecule has 3 aliphatic rings. The van der Waals surface area contributed by atoms with Crippen molar-refractivity contribution in [3.63, 3.8) is 0 Å². The monoisotopic (exact) mass is 231 g/mol. The van der Waals surface area contributed by atoms with Gasteiger partial charge in [0, 0.05) is 6.54 Å². The summed E-state index contributed by atoms with van der Waals surface area (Å²) in [6.07, 6.45) is 5.32. The number of rotatable bonds is 2. The maximum absolute atomic E-state index is 5.83. The third-order valence-electron chi connectivity index (χ3n) is 3.28. The lowest BCUT2D eigenvalue weighted by Crippen LogP contribution is -2.39. The van der Waals surface area contributed by atoms with Crippen molar-refractivity contribution in [3.05, 3.63) is 47.2 Å². The summed E-state index contributed by atoms with van der Waals surface area (Å²) in [6, 6.07) is 0. The average molecular weight is 231 g/mol. The molecule has 3 heterocycles. The van der Waals surface area contributed by atoms with Crippen LogP contribution in [0.25, 0.3) is 0 Å². The summed E-state index contributed by atoms with van der Waals surface area (Å²) in [5.41, 5.74) is 10.1. The van der Waals surface area contributed by atoms with E-state index in [1.807, 2.05) is 12.2 Å². The minimum absolute atomic E-state index is 0.154. The molecule has 0 spiro atoms. The second-order valence-corrected chi connectivity index (χ2v) is 4.21. The second-order valence-electron chi connectivity index (χ2n) is 4.21. The molecule has 17 heavy (non-hydrogen) atoms. The number of hydrogen-bond acceptors (Lipinski definition) is 4. The Morgan fingerprint density at radius 2 is 2.41 bits per heavy atom. The summed E-state index contributed by atoms with van der Waals surface area (Å²) in [5.74, 6) is 0. The van der Waals surface area contributed by atoms with E-state index in [1.54, 1.807) is 6.26 Å². The van der Waals surface area contributed by atoms with Crippen molar-refractivity contribution in [3.8, 4) is 0 Å². The van der Waals surface area contributed by atoms with Gasteiger partial charge < -0.3 is 19.8 Å². The van der Waals surface area contributed by atoms with Crippen LogP contribution in [0.15, 0.2) is 47.2 Å². The summed E-state index contributed by atoms with van der Waals surface area (Å²) in [5, 5.41) is 0. The number of allylic oxidation sites excluding steroid dienone is 3. The van der Waals surface area contributed by atoms with Crippen LogP contribution < -0.4 is 5.73 Å².